The molecule has 1 aromatic rings. The van der Waals surface area contributed by atoms with Crippen LogP contribution in [0.5, 0.6) is 5.75 Å². The largest absolute Gasteiger partial charge is 0.491 e. The van der Waals surface area contributed by atoms with E-state index in [4.69, 9.17) is 33.7 Å². The van der Waals surface area contributed by atoms with Crippen LogP contribution in [-0.4, -0.2) is 13.2 Å². The van der Waals surface area contributed by atoms with Gasteiger partial charge in [0.2, 0.25) is 0 Å². The molecule has 1 rings (SSSR count). The van der Waals surface area contributed by atoms with Gasteiger partial charge in [-0.3, -0.25) is 0 Å². The third-order valence-electron chi connectivity index (χ3n) is 1.29. The highest BCUT2D eigenvalue weighted by Crippen LogP contribution is 2.31. The molecule has 1 aromatic carbocycles. The fraction of sp³-hybridized carbons (Fsp3) is 0.250. The first-order chi connectivity index (χ1) is 5.75. The van der Waals surface area contributed by atoms with E-state index in [9.17, 15) is 0 Å². The Hall–Kier alpha value is -0.150. The molecule has 13 heavy (non-hydrogen) atoms. The van der Waals surface area contributed by atoms with Crippen molar-refractivity contribution in [2.24, 2.45) is 5.73 Å². The molecule has 0 atom stereocenters. The summed E-state index contributed by atoms with van der Waals surface area (Å²) in [5.74, 6) is 0.578. The predicted octanol–water partition coefficient (Wildman–Crippen LogP) is 2.75. The first-order valence-corrected chi connectivity index (χ1v) is 4.28. The molecular formula is C8H10Cl3NO. The standard InChI is InChI=1S/C8H9Cl2NO.ClH/c9-6-2-1-3-7(8(6)10)12-5-4-11;/h1-3H,4-5,11H2;1H. The van der Waals surface area contributed by atoms with Gasteiger partial charge in [-0.25, -0.2) is 0 Å². The van der Waals surface area contributed by atoms with Gasteiger partial charge in [0.1, 0.15) is 17.4 Å². The number of hydrogen-bond donors (Lipinski definition) is 1. The molecule has 0 radical (unpaired) electrons. The zero-order valence-electron chi connectivity index (χ0n) is 6.80. The third kappa shape index (κ3) is 3.61. The Labute approximate surface area is 93.4 Å². The smallest absolute Gasteiger partial charge is 0.139 e. The lowest BCUT2D eigenvalue weighted by Crippen LogP contribution is -2.10. The van der Waals surface area contributed by atoms with E-state index < -0.39 is 0 Å². The molecule has 0 heterocycles. The number of ether oxygens (including phenoxy) is 1. The zero-order valence-corrected chi connectivity index (χ0v) is 9.12. The van der Waals surface area contributed by atoms with E-state index in [1.54, 1.807) is 18.2 Å². The molecule has 74 valence electrons. The van der Waals surface area contributed by atoms with Gasteiger partial charge in [-0.05, 0) is 12.1 Å². The van der Waals surface area contributed by atoms with Crippen LogP contribution in [0.25, 0.3) is 0 Å². The lowest BCUT2D eigenvalue weighted by molar-refractivity contribution is 0.328. The summed E-state index contributed by atoms with van der Waals surface area (Å²) in [6, 6.07) is 5.24. The molecule has 0 aliphatic rings. The first kappa shape index (κ1) is 12.8. The minimum absolute atomic E-state index is 0. The predicted molar refractivity (Wildman–Crippen MR) is 58.3 cm³/mol. The number of halogens is 3. The van der Waals surface area contributed by atoms with Crippen molar-refractivity contribution in [3.63, 3.8) is 0 Å². The highest BCUT2D eigenvalue weighted by atomic mass is 35.5. The van der Waals surface area contributed by atoms with Gasteiger partial charge in [0.25, 0.3) is 0 Å². The maximum Gasteiger partial charge on any atom is 0.139 e. The van der Waals surface area contributed by atoms with Crippen molar-refractivity contribution in [3.8, 4) is 5.75 Å². The number of nitrogens with two attached hydrogens (primary N) is 1. The summed E-state index contributed by atoms with van der Waals surface area (Å²) in [7, 11) is 0. The molecule has 0 aliphatic heterocycles. The molecule has 0 aliphatic carbocycles. The lowest BCUT2D eigenvalue weighted by Gasteiger charge is -2.06. The summed E-state index contributed by atoms with van der Waals surface area (Å²) in [5.41, 5.74) is 5.26. The normalized spacial score (nSPS) is 9.15. The van der Waals surface area contributed by atoms with Crippen LogP contribution in [0.3, 0.4) is 0 Å². The van der Waals surface area contributed by atoms with E-state index in [-0.39, 0.29) is 12.4 Å². The number of benzene rings is 1. The molecule has 2 N–H and O–H groups in total. The van der Waals surface area contributed by atoms with Crippen LogP contribution in [0.4, 0.5) is 0 Å². The summed E-state index contributed by atoms with van der Waals surface area (Å²) in [5, 5.41) is 0.929. The molecule has 0 aromatic heterocycles. The van der Waals surface area contributed by atoms with Crippen LogP contribution < -0.4 is 10.5 Å². The molecule has 5 heteroatoms. The van der Waals surface area contributed by atoms with E-state index >= 15 is 0 Å². The molecule has 0 bridgehead atoms. The van der Waals surface area contributed by atoms with E-state index in [1.807, 2.05) is 0 Å². The topological polar surface area (TPSA) is 35.2 Å². The Morgan fingerprint density at radius 1 is 1.31 bits per heavy atom. The minimum Gasteiger partial charge on any atom is -0.491 e. The highest BCUT2D eigenvalue weighted by molar-refractivity contribution is 6.42. The van der Waals surface area contributed by atoms with Gasteiger partial charge in [0.15, 0.2) is 0 Å². The van der Waals surface area contributed by atoms with Crippen LogP contribution in [0.1, 0.15) is 0 Å². The van der Waals surface area contributed by atoms with Crippen molar-refractivity contribution in [2.75, 3.05) is 13.2 Å². The summed E-state index contributed by atoms with van der Waals surface area (Å²) in [6.45, 7) is 0.906. The summed E-state index contributed by atoms with van der Waals surface area (Å²) < 4.78 is 5.23. The average molecular weight is 243 g/mol. The summed E-state index contributed by atoms with van der Waals surface area (Å²) in [6.07, 6.45) is 0. The second kappa shape index (κ2) is 6.33. The van der Waals surface area contributed by atoms with Gasteiger partial charge in [-0.2, -0.15) is 0 Å². The fourth-order valence-electron chi connectivity index (χ4n) is 0.764. The molecular weight excluding hydrogens is 232 g/mol. The second-order valence-corrected chi connectivity index (χ2v) is 2.97. The maximum atomic E-state index is 5.83. The SMILES string of the molecule is Cl.NCCOc1cccc(Cl)c1Cl. The zero-order chi connectivity index (χ0) is 8.97. The molecule has 0 spiro atoms. The van der Waals surface area contributed by atoms with Crippen molar-refractivity contribution in [3.05, 3.63) is 28.2 Å². The fourth-order valence-corrected chi connectivity index (χ4v) is 1.11. The number of hydrogen-bond acceptors (Lipinski definition) is 2. The van der Waals surface area contributed by atoms with Gasteiger partial charge in [0, 0.05) is 6.54 Å². The van der Waals surface area contributed by atoms with Gasteiger partial charge in [-0.15, -0.1) is 12.4 Å². The van der Waals surface area contributed by atoms with Crippen LogP contribution >= 0.6 is 35.6 Å². The van der Waals surface area contributed by atoms with Gasteiger partial charge in [-0.1, -0.05) is 29.3 Å². The van der Waals surface area contributed by atoms with Gasteiger partial charge in [0.05, 0.1) is 5.02 Å². The Morgan fingerprint density at radius 3 is 2.62 bits per heavy atom. The van der Waals surface area contributed by atoms with Crippen LogP contribution in [-0.2, 0) is 0 Å². The quantitative estimate of drug-likeness (QED) is 0.884. The van der Waals surface area contributed by atoms with E-state index in [2.05, 4.69) is 0 Å². The number of rotatable bonds is 3. The Bertz CT molecular complexity index is 268. The summed E-state index contributed by atoms with van der Waals surface area (Å²) >= 11 is 11.6. The Kier molecular flexibility index (Phi) is 6.25. The van der Waals surface area contributed by atoms with E-state index in [0.29, 0.717) is 28.9 Å². The van der Waals surface area contributed by atoms with Gasteiger partial charge < -0.3 is 10.5 Å². The molecule has 2 nitrogen and oxygen atoms in total. The Morgan fingerprint density at radius 2 is 2.00 bits per heavy atom. The van der Waals surface area contributed by atoms with Crippen LogP contribution in [0.15, 0.2) is 18.2 Å². The van der Waals surface area contributed by atoms with E-state index in [0.717, 1.165) is 0 Å². The van der Waals surface area contributed by atoms with Gasteiger partial charge >= 0.3 is 0 Å². The van der Waals surface area contributed by atoms with Crippen LogP contribution in [0, 0.1) is 0 Å². The summed E-state index contributed by atoms with van der Waals surface area (Å²) in [4.78, 5) is 0. The molecule has 0 saturated heterocycles. The first-order valence-electron chi connectivity index (χ1n) is 3.52. The highest BCUT2D eigenvalue weighted by Gasteiger charge is 2.03. The van der Waals surface area contributed by atoms with Crippen molar-refractivity contribution in [2.45, 2.75) is 0 Å². The minimum atomic E-state index is 0. The van der Waals surface area contributed by atoms with Crippen molar-refractivity contribution >= 4 is 35.6 Å². The molecule has 0 saturated carbocycles. The monoisotopic (exact) mass is 241 g/mol. The van der Waals surface area contributed by atoms with Crippen molar-refractivity contribution in [1.82, 2.24) is 0 Å². The van der Waals surface area contributed by atoms with Crippen molar-refractivity contribution < 1.29 is 4.74 Å². The molecule has 0 unspecified atom stereocenters. The molecule has 0 fully saturated rings. The second-order valence-electron chi connectivity index (χ2n) is 2.19. The van der Waals surface area contributed by atoms with E-state index in [1.165, 1.54) is 0 Å². The Balaban J connectivity index is 0.00000144. The average Bonchev–Trinajstić information content (AvgIpc) is 2.08. The van der Waals surface area contributed by atoms with Crippen LogP contribution in [0.2, 0.25) is 10.0 Å². The third-order valence-corrected chi connectivity index (χ3v) is 2.09. The lowest BCUT2D eigenvalue weighted by atomic mass is 10.3. The van der Waals surface area contributed by atoms with Crippen molar-refractivity contribution in [1.29, 1.82) is 0 Å². The molecule has 0 amide bonds. The maximum absolute atomic E-state index is 5.83.